The zero-order chi connectivity index (χ0) is 17.6. The number of piperidine rings is 1. The number of amides is 1. The van der Waals surface area contributed by atoms with Crippen molar-refractivity contribution in [2.45, 2.75) is 39.7 Å². The number of hydrogen-bond acceptors (Lipinski definition) is 5. The molecule has 1 amide bonds. The van der Waals surface area contributed by atoms with Crippen molar-refractivity contribution in [3.63, 3.8) is 0 Å². The number of nitrogens with one attached hydrogen (secondary N) is 1. The summed E-state index contributed by atoms with van der Waals surface area (Å²) in [5.74, 6) is 0.560. The molecule has 1 aromatic heterocycles. The highest BCUT2D eigenvalue weighted by Gasteiger charge is 2.13. The molecule has 1 aliphatic heterocycles. The van der Waals surface area contributed by atoms with Gasteiger partial charge in [0.2, 0.25) is 0 Å². The summed E-state index contributed by atoms with van der Waals surface area (Å²) in [5.41, 5.74) is 3.24. The highest BCUT2D eigenvalue weighted by Crippen LogP contribution is 2.20. The van der Waals surface area contributed by atoms with Crippen LogP contribution in [0.4, 0.5) is 5.13 Å². The van der Waals surface area contributed by atoms with Gasteiger partial charge in [0.15, 0.2) is 11.7 Å². The molecule has 6 heteroatoms. The third kappa shape index (κ3) is 5.28. The number of nitrogens with zero attached hydrogens (tertiary/aromatic N) is 2. The van der Waals surface area contributed by atoms with E-state index in [9.17, 15) is 4.79 Å². The summed E-state index contributed by atoms with van der Waals surface area (Å²) in [6.45, 7) is 7.16. The zero-order valence-electron chi connectivity index (χ0n) is 14.9. The van der Waals surface area contributed by atoms with Gasteiger partial charge in [0.25, 0.3) is 5.91 Å². The van der Waals surface area contributed by atoms with Crippen LogP contribution >= 0.6 is 11.3 Å². The maximum atomic E-state index is 12.1. The number of aromatic nitrogens is 1. The fraction of sp³-hybridized carbons (Fsp3) is 0.474. The summed E-state index contributed by atoms with van der Waals surface area (Å²) in [4.78, 5) is 19.0. The molecule has 0 radical (unpaired) electrons. The van der Waals surface area contributed by atoms with Crippen molar-refractivity contribution in [1.82, 2.24) is 9.88 Å². The smallest absolute Gasteiger partial charge is 0.264 e. The molecule has 1 N–H and O–H groups in total. The van der Waals surface area contributed by atoms with Gasteiger partial charge in [-0.2, -0.15) is 0 Å². The molecule has 134 valence electrons. The van der Waals surface area contributed by atoms with Crippen molar-refractivity contribution in [2.24, 2.45) is 0 Å². The minimum Gasteiger partial charge on any atom is -0.483 e. The number of benzene rings is 1. The number of carbonyl (C=O) groups excluding carboxylic acids is 1. The van der Waals surface area contributed by atoms with Gasteiger partial charge in [-0.25, -0.2) is 4.98 Å². The van der Waals surface area contributed by atoms with Crippen LogP contribution in [0.5, 0.6) is 5.75 Å². The largest absolute Gasteiger partial charge is 0.483 e. The van der Waals surface area contributed by atoms with Crippen molar-refractivity contribution < 1.29 is 9.53 Å². The van der Waals surface area contributed by atoms with E-state index in [0.29, 0.717) is 5.13 Å². The standard InChI is InChI=1S/C19H25N3O2S/c1-14-6-7-17(15(2)10-14)24-12-18(23)21-19-20-16(13-25-19)11-22-8-4-3-5-9-22/h6-7,10,13H,3-5,8-9,11-12H2,1-2H3,(H,20,21,23). The van der Waals surface area contributed by atoms with Crippen molar-refractivity contribution >= 4 is 22.4 Å². The second-order valence-electron chi connectivity index (χ2n) is 6.59. The molecular weight excluding hydrogens is 334 g/mol. The van der Waals surface area contributed by atoms with Crippen LogP contribution in [-0.4, -0.2) is 35.5 Å². The molecule has 0 aliphatic carbocycles. The molecule has 0 bridgehead atoms. The van der Waals surface area contributed by atoms with Gasteiger partial charge >= 0.3 is 0 Å². The minimum atomic E-state index is -0.182. The first-order chi connectivity index (χ1) is 12.1. The topological polar surface area (TPSA) is 54.5 Å². The summed E-state index contributed by atoms with van der Waals surface area (Å²) in [6, 6.07) is 5.92. The SMILES string of the molecule is Cc1ccc(OCC(=O)Nc2nc(CN3CCCCC3)cs2)c(C)c1. The molecule has 0 unspecified atom stereocenters. The summed E-state index contributed by atoms with van der Waals surface area (Å²) >= 11 is 1.47. The predicted molar refractivity (Wildman–Crippen MR) is 101 cm³/mol. The van der Waals surface area contributed by atoms with Crippen LogP contribution in [0.1, 0.15) is 36.1 Å². The fourth-order valence-electron chi connectivity index (χ4n) is 3.04. The number of carbonyl (C=O) groups is 1. The molecule has 1 aliphatic rings. The van der Waals surface area contributed by atoms with E-state index in [4.69, 9.17) is 4.74 Å². The summed E-state index contributed by atoms with van der Waals surface area (Å²) in [7, 11) is 0. The third-order valence-electron chi connectivity index (χ3n) is 4.32. The lowest BCUT2D eigenvalue weighted by Crippen LogP contribution is -2.29. The monoisotopic (exact) mass is 359 g/mol. The first-order valence-corrected chi connectivity index (χ1v) is 9.65. The molecule has 3 rings (SSSR count). The Morgan fingerprint density at radius 1 is 1.28 bits per heavy atom. The average Bonchev–Trinajstić information content (AvgIpc) is 3.02. The molecule has 2 aromatic rings. The van der Waals surface area contributed by atoms with Crippen LogP contribution in [0.3, 0.4) is 0 Å². The Morgan fingerprint density at radius 3 is 2.84 bits per heavy atom. The molecule has 2 heterocycles. The van der Waals surface area contributed by atoms with E-state index in [1.54, 1.807) is 0 Å². The Hall–Kier alpha value is -1.92. The van der Waals surface area contributed by atoms with E-state index in [2.05, 4.69) is 15.2 Å². The minimum absolute atomic E-state index is 0.00899. The predicted octanol–water partition coefficient (Wildman–Crippen LogP) is 3.76. The van der Waals surface area contributed by atoms with Crippen LogP contribution in [0.15, 0.2) is 23.6 Å². The lowest BCUT2D eigenvalue weighted by molar-refractivity contribution is -0.118. The highest BCUT2D eigenvalue weighted by molar-refractivity contribution is 7.13. The van der Waals surface area contributed by atoms with E-state index in [1.807, 2.05) is 37.4 Å². The molecule has 1 saturated heterocycles. The molecule has 0 saturated carbocycles. The Balaban J connectivity index is 1.47. The number of ether oxygens (including phenoxy) is 1. The summed E-state index contributed by atoms with van der Waals surface area (Å²) in [5, 5.41) is 5.49. The number of rotatable bonds is 6. The maximum Gasteiger partial charge on any atom is 0.264 e. The van der Waals surface area contributed by atoms with Crippen LogP contribution in [0, 0.1) is 13.8 Å². The molecule has 5 nitrogen and oxygen atoms in total. The van der Waals surface area contributed by atoms with E-state index < -0.39 is 0 Å². The Bertz CT molecular complexity index is 723. The molecule has 0 spiro atoms. The van der Waals surface area contributed by atoms with Gasteiger partial charge in [-0.15, -0.1) is 11.3 Å². The highest BCUT2D eigenvalue weighted by atomic mass is 32.1. The Kier molecular flexibility index (Phi) is 6.04. The van der Waals surface area contributed by atoms with Gasteiger partial charge in [-0.05, 0) is 51.4 Å². The van der Waals surface area contributed by atoms with Gasteiger partial charge in [0, 0.05) is 11.9 Å². The molecular formula is C19H25N3O2S. The van der Waals surface area contributed by atoms with Gasteiger partial charge in [0.1, 0.15) is 5.75 Å². The quantitative estimate of drug-likeness (QED) is 0.853. The van der Waals surface area contributed by atoms with E-state index in [-0.39, 0.29) is 12.5 Å². The number of thiazole rings is 1. The number of hydrogen-bond donors (Lipinski definition) is 1. The maximum absolute atomic E-state index is 12.1. The Labute approximate surface area is 153 Å². The second-order valence-corrected chi connectivity index (χ2v) is 7.44. The van der Waals surface area contributed by atoms with Crippen molar-refractivity contribution in [2.75, 3.05) is 25.0 Å². The van der Waals surface area contributed by atoms with Crippen LogP contribution in [0.2, 0.25) is 0 Å². The van der Waals surface area contributed by atoms with Gasteiger partial charge < -0.3 is 4.74 Å². The summed E-state index contributed by atoms with van der Waals surface area (Å²) < 4.78 is 5.61. The van der Waals surface area contributed by atoms with E-state index in [0.717, 1.165) is 36.6 Å². The zero-order valence-corrected chi connectivity index (χ0v) is 15.7. The number of aryl methyl sites for hydroxylation is 2. The van der Waals surface area contributed by atoms with Gasteiger partial charge in [-0.1, -0.05) is 24.1 Å². The third-order valence-corrected chi connectivity index (χ3v) is 5.13. The van der Waals surface area contributed by atoms with Crippen molar-refractivity contribution in [3.8, 4) is 5.75 Å². The number of likely N-dealkylation sites (tertiary alicyclic amines) is 1. The second kappa shape index (κ2) is 8.45. The molecule has 25 heavy (non-hydrogen) atoms. The normalized spacial score (nSPS) is 15.1. The first kappa shape index (κ1) is 17.9. The molecule has 1 fully saturated rings. The lowest BCUT2D eigenvalue weighted by atomic mass is 10.1. The molecule has 0 atom stereocenters. The first-order valence-electron chi connectivity index (χ1n) is 8.77. The van der Waals surface area contributed by atoms with Crippen LogP contribution in [-0.2, 0) is 11.3 Å². The van der Waals surface area contributed by atoms with Crippen molar-refractivity contribution in [1.29, 1.82) is 0 Å². The van der Waals surface area contributed by atoms with Crippen molar-refractivity contribution in [3.05, 3.63) is 40.4 Å². The van der Waals surface area contributed by atoms with Crippen LogP contribution < -0.4 is 10.1 Å². The van der Waals surface area contributed by atoms with E-state index >= 15 is 0 Å². The van der Waals surface area contributed by atoms with Crippen LogP contribution in [0.25, 0.3) is 0 Å². The van der Waals surface area contributed by atoms with Gasteiger partial charge in [0.05, 0.1) is 5.69 Å². The lowest BCUT2D eigenvalue weighted by Gasteiger charge is -2.25. The average molecular weight is 359 g/mol. The van der Waals surface area contributed by atoms with Gasteiger partial charge in [-0.3, -0.25) is 15.0 Å². The Morgan fingerprint density at radius 2 is 2.08 bits per heavy atom. The van der Waals surface area contributed by atoms with E-state index in [1.165, 1.54) is 36.2 Å². The number of anilines is 1. The fourth-order valence-corrected chi connectivity index (χ4v) is 3.76. The summed E-state index contributed by atoms with van der Waals surface area (Å²) in [6.07, 6.45) is 3.86. The molecule has 1 aromatic carbocycles.